The van der Waals surface area contributed by atoms with E-state index >= 15 is 0 Å². The largest absolute Gasteiger partial charge is 0.460 e. The first-order valence-electron chi connectivity index (χ1n) is 29.0. The van der Waals surface area contributed by atoms with Crippen LogP contribution in [0.15, 0.2) is 24.3 Å². The maximum Gasteiger partial charge on any atom is 0.330 e. The van der Waals surface area contributed by atoms with Crippen molar-refractivity contribution in [3.8, 4) is 0 Å². The standard InChI is InChI=1S/C55H88O29/c1-72-31-11-22(12-32(73-2)41(31)61)5-9-39(59)76-20-37-44(64)47(67)49(69)53(83-37)78-25-16-28(58)26-18-35(81-55-50(70)46(66)43(63)36(19-56)82-55)52(79-29(26)17-25)24-7-8-27(57)30(15-24)80-54-51(71)48(68)45(65)38(84-54)21-77-40(60)10-6-23-13-33(74-3)42(62)34(14-23)75-4/h5-6,9-10,22-38,41-58,61-71H,7-8,11-21H2,1-4H3/p+1/t22?,23?,24?,25?,26?,27?,28?,29?,30?,31?,32?,33?,34?,35?,36-,37-,38-,41?,42?,43-,44-,45-,46+,47+,48+,49-,50-,51-,52?,53-,54-,55-/m1/s1. The number of aliphatic hydroxyl groups is 16. The first-order chi connectivity index (χ1) is 40.1. The lowest BCUT2D eigenvalue weighted by molar-refractivity contribution is -0.364. The van der Waals surface area contributed by atoms with Gasteiger partial charge in [-0.1, -0.05) is 12.2 Å². The number of fused-ring (bicyclic) bond motifs is 1. The maximum absolute atomic E-state index is 12.9. The van der Waals surface area contributed by atoms with Gasteiger partial charge in [0.2, 0.25) is 0 Å². The van der Waals surface area contributed by atoms with E-state index in [2.05, 4.69) is 0 Å². The normalized spacial score (nSPS) is 48.6. The second-order valence-electron chi connectivity index (χ2n) is 23.6. The summed E-state index contributed by atoms with van der Waals surface area (Å²) in [5, 5.41) is 152. The van der Waals surface area contributed by atoms with Crippen LogP contribution < -0.4 is 0 Å². The van der Waals surface area contributed by atoms with Crippen LogP contribution in [0.5, 0.6) is 0 Å². The number of allylic oxidation sites excluding steroid dienone is 2. The molecule has 4 heterocycles. The lowest BCUT2D eigenvalue weighted by Crippen LogP contribution is -2.64. The Kier molecular flexibility index (Phi) is 24.3. The summed E-state index contributed by atoms with van der Waals surface area (Å²) in [6.45, 7) is -1.89. The number of esters is 2. The number of carbonyl (C=O) groups is 2. The van der Waals surface area contributed by atoms with E-state index in [-0.39, 0.29) is 50.4 Å². The van der Waals surface area contributed by atoms with Crippen molar-refractivity contribution in [2.75, 3.05) is 48.3 Å². The molecule has 0 radical (unpaired) electrons. The highest BCUT2D eigenvalue weighted by Crippen LogP contribution is 2.44. The van der Waals surface area contributed by atoms with Crippen LogP contribution in [0.1, 0.15) is 64.2 Å². The van der Waals surface area contributed by atoms with Gasteiger partial charge in [-0.25, -0.2) is 9.59 Å². The minimum atomic E-state index is -1.86. The molecule has 0 spiro atoms. The van der Waals surface area contributed by atoms with Crippen LogP contribution >= 0.6 is 0 Å². The molecule has 0 bridgehead atoms. The van der Waals surface area contributed by atoms with E-state index in [1.807, 2.05) is 0 Å². The molecule has 8 fully saturated rings. The number of rotatable bonds is 20. The molecular formula is C55H89O29+. The second kappa shape index (κ2) is 30.3. The lowest BCUT2D eigenvalue weighted by atomic mass is 9.72. The monoisotopic (exact) mass is 1210 g/mol. The maximum atomic E-state index is 12.9. The minimum absolute atomic E-state index is 0.0111. The topological polar surface area (TPSA) is 441 Å². The SMILES string of the molecule is COC1CC(C=CC(=O)OC[C@H]2O[C@@H](OC3CC(O)C4CC(O[C@@H]5O[C@H](CO)[C@@H](O)[C@H](O)[C@H]5O)C(C5CCC(O)C(O[C@@H]6O[C@H](COC(=O)C=CC7CC(OC)C(O)C(OC)C7)[C@@H](O)[C@H](O)[C@H]6O)C5)[OH+]C4C3)[C@H](O)[C@@H](O)[C@@H]2O)CC(OC)C1O. The summed E-state index contributed by atoms with van der Waals surface area (Å²) < 4.78 is 73.9. The molecule has 4 saturated carbocycles. The van der Waals surface area contributed by atoms with E-state index in [1.165, 1.54) is 40.6 Å². The third-order valence-electron chi connectivity index (χ3n) is 18.3. The Labute approximate surface area is 485 Å². The predicted octanol–water partition coefficient (Wildman–Crippen LogP) is -6.04. The fourth-order valence-corrected chi connectivity index (χ4v) is 13.3. The van der Waals surface area contributed by atoms with Crippen molar-refractivity contribution in [1.82, 2.24) is 0 Å². The average Bonchev–Trinajstić information content (AvgIpc) is 2.27. The van der Waals surface area contributed by atoms with Gasteiger partial charge in [0.1, 0.15) is 105 Å². The molecule has 4 aliphatic carbocycles. The van der Waals surface area contributed by atoms with Gasteiger partial charge in [-0.3, -0.25) is 0 Å². The van der Waals surface area contributed by atoms with E-state index in [1.54, 1.807) is 12.2 Å². The average molecular weight is 1210 g/mol. The van der Waals surface area contributed by atoms with Gasteiger partial charge in [-0.15, -0.1) is 0 Å². The summed E-state index contributed by atoms with van der Waals surface area (Å²) in [6.07, 6.45) is -28.3. The molecule has 15 N–H and O–H groups in total. The number of aliphatic hydroxyl groups excluding tert-OH is 14. The lowest BCUT2D eigenvalue weighted by Gasteiger charge is -2.49. The quantitative estimate of drug-likeness (QED) is 0.0306. The smallest absolute Gasteiger partial charge is 0.330 e. The van der Waals surface area contributed by atoms with Gasteiger partial charge < -0.3 is 133 Å². The van der Waals surface area contributed by atoms with E-state index in [0.717, 1.165) is 0 Å². The summed E-state index contributed by atoms with van der Waals surface area (Å²) in [5.41, 5.74) is 0. The Morgan fingerprint density at radius 3 is 1.33 bits per heavy atom. The number of hydrogen-bond acceptors (Lipinski definition) is 28. The fraction of sp³-hybridized carbons (Fsp3) is 0.891. The first kappa shape index (κ1) is 67.4. The summed E-state index contributed by atoms with van der Waals surface area (Å²) in [6, 6.07) is 0. The van der Waals surface area contributed by atoms with Gasteiger partial charge in [0.25, 0.3) is 0 Å². The molecule has 0 aromatic rings. The number of methoxy groups -OCH3 is 4. The van der Waals surface area contributed by atoms with E-state index < -0.39 is 215 Å². The summed E-state index contributed by atoms with van der Waals surface area (Å²) >= 11 is 0. The van der Waals surface area contributed by atoms with Crippen molar-refractivity contribution in [2.24, 2.45) is 23.7 Å². The third-order valence-corrected chi connectivity index (χ3v) is 18.3. The van der Waals surface area contributed by atoms with Crippen LogP contribution in [0.3, 0.4) is 0 Å². The molecule has 8 rings (SSSR count). The molecule has 4 aliphatic heterocycles. The van der Waals surface area contributed by atoms with Crippen LogP contribution in [0.2, 0.25) is 0 Å². The van der Waals surface area contributed by atoms with Crippen LogP contribution in [0.4, 0.5) is 0 Å². The van der Waals surface area contributed by atoms with E-state index in [4.69, 9.17) is 61.6 Å². The van der Waals surface area contributed by atoms with Gasteiger partial charge >= 0.3 is 11.9 Å². The van der Waals surface area contributed by atoms with Crippen molar-refractivity contribution in [2.45, 2.75) is 236 Å². The number of hydrogen-bond donors (Lipinski definition) is 14. The molecule has 29 heteroatoms. The van der Waals surface area contributed by atoms with Gasteiger partial charge in [0.15, 0.2) is 31.1 Å². The molecule has 29 nitrogen and oxygen atoms in total. The summed E-state index contributed by atoms with van der Waals surface area (Å²) in [5.74, 6) is -3.25. The molecule has 4 saturated heterocycles. The zero-order valence-corrected chi connectivity index (χ0v) is 47.4. The van der Waals surface area contributed by atoms with Crippen LogP contribution in [0, 0.1) is 23.7 Å². The molecular weight excluding hydrogens is 1120 g/mol. The van der Waals surface area contributed by atoms with Gasteiger partial charge in [0, 0.05) is 59.4 Å². The number of ether oxygens (including phenoxy) is 13. The Balaban J connectivity index is 0.921. The molecule has 8 aliphatic rings. The van der Waals surface area contributed by atoms with Gasteiger partial charge in [-0.2, -0.15) is 0 Å². The van der Waals surface area contributed by atoms with Crippen molar-refractivity contribution in [3.63, 3.8) is 0 Å². The van der Waals surface area contributed by atoms with Gasteiger partial charge in [0.05, 0.1) is 61.4 Å². The van der Waals surface area contributed by atoms with Crippen LogP contribution in [-0.4, -0.2) is 308 Å². The molecule has 28 atom stereocenters. The van der Waals surface area contributed by atoms with Gasteiger partial charge in [-0.05, 0) is 63.2 Å². The Morgan fingerprint density at radius 2 is 0.881 bits per heavy atom. The highest BCUT2D eigenvalue weighted by atomic mass is 16.7. The Morgan fingerprint density at radius 1 is 0.452 bits per heavy atom. The highest BCUT2D eigenvalue weighted by molar-refractivity contribution is 5.82. The summed E-state index contributed by atoms with van der Waals surface area (Å²) in [4.78, 5) is 25.8. The number of carbonyl (C=O) groups excluding carboxylic acids is 2. The van der Waals surface area contributed by atoms with Crippen molar-refractivity contribution < 1.29 is 143 Å². The predicted molar refractivity (Wildman–Crippen MR) is 279 cm³/mol. The van der Waals surface area contributed by atoms with E-state index in [9.17, 15) is 81.1 Å². The molecule has 0 aromatic carbocycles. The molecule has 482 valence electrons. The van der Waals surface area contributed by atoms with Crippen LogP contribution in [0.25, 0.3) is 0 Å². The summed E-state index contributed by atoms with van der Waals surface area (Å²) in [7, 11) is 5.84. The Hall–Kier alpha value is -2.58. The highest BCUT2D eigenvalue weighted by Gasteiger charge is 2.57. The minimum Gasteiger partial charge on any atom is -0.460 e. The Bertz CT molecular complexity index is 2100. The first-order valence-corrected chi connectivity index (χ1v) is 29.0. The molecule has 0 amide bonds. The zero-order chi connectivity index (χ0) is 60.8. The van der Waals surface area contributed by atoms with Crippen molar-refractivity contribution in [1.29, 1.82) is 0 Å². The van der Waals surface area contributed by atoms with E-state index in [0.29, 0.717) is 25.7 Å². The van der Waals surface area contributed by atoms with Crippen molar-refractivity contribution in [3.05, 3.63) is 24.3 Å². The third kappa shape index (κ3) is 15.7. The fourth-order valence-electron chi connectivity index (χ4n) is 13.3. The molecule has 13 unspecified atom stereocenters. The molecule has 84 heavy (non-hydrogen) atoms. The molecule has 0 aromatic heterocycles. The zero-order valence-electron chi connectivity index (χ0n) is 47.4. The second-order valence-corrected chi connectivity index (χ2v) is 23.6. The van der Waals surface area contributed by atoms with Crippen molar-refractivity contribution >= 4 is 11.9 Å². The van der Waals surface area contributed by atoms with Crippen LogP contribution in [-0.2, 0) is 66.4 Å².